The number of pyridine rings is 1. The number of carbonyl (C=O) groups is 2. The van der Waals surface area contributed by atoms with Gasteiger partial charge in [-0.25, -0.2) is 9.78 Å². The summed E-state index contributed by atoms with van der Waals surface area (Å²) in [7, 11) is -1.39. The van der Waals surface area contributed by atoms with Gasteiger partial charge >= 0.3 is 6.09 Å². The fourth-order valence-corrected chi connectivity index (χ4v) is 5.54. The van der Waals surface area contributed by atoms with Crippen LogP contribution >= 0.6 is 0 Å². The molecule has 1 fully saturated rings. The Bertz CT molecular complexity index is 1130. The van der Waals surface area contributed by atoms with E-state index in [4.69, 9.17) is 14.8 Å². The van der Waals surface area contributed by atoms with E-state index in [1.165, 1.54) is 6.26 Å². The number of fused-ring (bicyclic) bond motifs is 1. The lowest BCUT2D eigenvalue weighted by atomic mass is 10.0. The van der Waals surface area contributed by atoms with Crippen molar-refractivity contribution in [3.8, 4) is 0 Å². The number of benzene rings is 1. The normalized spacial score (nSPS) is 19.8. The van der Waals surface area contributed by atoms with Gasteiger partial charge in [-0.2, -0.15) is 0 Å². The molecule has 11 heteroatoms. The Morgan fingerprint density at radius 1 is 1.27 bits per heavy atom. The van der Waals surface area contributed by atoms with E-state index in [0.29, 0.717) is 29.6 Å². The highest BCUT2D eigenvalue weighted by Gasteiger charge is 2.39. The molecule has 1 aromatic heterocycles. The third-order valence-corrected chi connectivity index (χ3v) is 7.85. The summed E-state index contributed by atoms with van der Waals surface area (Å²) in [5.41, 5.74) is 1.39. The second-order valence-corrected chi connectivity index (χ2v) is 10.9. The lowest BCUT2D eigenvalue weighted by molar-refractivity contribution is -0.119. The predicted molar refractivity (Wildman–Crippen MR) is 129 cm³/mol. The van der Waals surface area contributed by atoms with Crippen LogP contribution in [0.4, 0.5) is 27.8 Å². The molecule has 0 bridgehead atoms. The monoisotopic (exact) mass is 475 g/mol. The summed E-state index contributed by atoms with van der Waals surface area (Å²) in [5.74, 6) is 1.33. The molecule has 0 saturated carbocycles. The Morgan fingerprint density at radius 2 is 2.00 bits per heavy atom. The topological polar surface area (TPSA) is 128 Å². The highest BCUT2D eigenvalue weighted by molar-refractivity contribution is 7.99. The molecule has 4 rings (SSSR count). The molecule has 0 spiro atoms. The van der Waals surface area contributed by atoms with Crippen molar-refractivity contribution in [1.82, 2.24) is 4.98 Å². The number of thiol groups is 1. The lowest BCUT2D eigenvalue weighted by Crippen LogP contribution is -2.56. The zero-order valence-corrected chi connectivity index (χ0v) is 19.7. The van der Waals surface area contributed by atoms with Gasteiger partial charge in [0.25, 0.3) is 0 Å². The van der Waals surface area contributed by atoms with Crippen LogP contribution in [0.25, 0.3) is 0 Å². The Hall–Kier alpha value is -3.02. The first-order valence-electron chi connectivity index (χ1n) is 10.7. The van der Waals surface area contributed by atoms with Crippen molar-refractivity contribution in [2.75, 3.05) is 41.6 Å². The van der Waals surface area contributed by atoms with Gasteiger partial charge < -0.3 is 29.5 Å². The van der Waals surface area contributed by atoms with Crippen LogP contribution in [0.3, 0.4) is 0 Å². The van der Waals surface area contributed by atoms with Crippen molar-refractivity contribution in [2.24, 2.45) is 4.36 Å². The van der Waals surface area contributed by atoms with E-state index >= 15 is 0 Å². The number of nitrogens with zero attached hydrogens (tertiary/aromatic N) is 4. The van der Waals surface area contributed by atoms with Gasteiger partial charge in [-0.15, -0.1) is 4.36 Å². The van der Waals surface area contributed by atoms with Gasteiger partial charge in [0.2, 0.25) is 5.91 Å². The van der Waals surface area contributed by atoms with Crippen LogP contribution in [0.15, 0.2) is 45.7 Å². The van der Waals surface area contributed by atoms with Crippen LogP contribution in [-0.2, 0) is 19.6 Å². The Morgan fingerprint density at radius 3 is 2.70 bits per heavy atom. The van der Waals surface area contributed by atoms with E-state index in [1.54, 1.807) is 42.3 Å². The minimum atomic E-state index is -3.15. The van der Waals surface area contributed by atoms with Crippen molar-refractivity contribution in [3.05, 3.63) is 36.4 Å². The van der Waals surface area contributed by atoms with E-state index in [-0.39, 0.29) is 18.0 Å². The molecule has 0 unspecified atom stereocenters. The summed E-state index contributed by atoms with van der Waals surface area (Å²) in [6.07, 6.45) is 1.68. The van der Waals surface area contributed by atoms with E-state index in [1.807, 2.05) is 13.0 Å². The van der Waals surface area contributed by atoms with Crippen LogP contribution in [0.5, 0.6) is 0 Å². The average molecular weight is 476 g/mol. The smallest absolute Gasteiger partial charge is 0.437 e. The average Bonchev–Trinajstić information content (AvgIpc) is 2.78. The Balaban J connectivity index is 1.68. The molecule has 1 saturated heterocycles. The molecule has 2 aliphatic rings. The molecular formula is C22H29N5O5S. The second-order valence-electron chi connectivity index (χ2n) is 8.33. The predicted octanol–water partition coefficient (Wildman–Crippen LogP) is 3.39. The maximum absolute atomic E-state index is 12.9. The summed E-state index contributed by atoms with van der Waals surface area (Å²) in [4.78, 5) is 32.9. The standard InChI is InChI=1S/C22H29N5O5S/c1-14-21(28)26(2)18-7-8-19(24-20(18)27(14)16-9-11-32-12-10-16)23-15-5-4-6-17(13-15)33(3,31)25-22(29)30/h4-8,13-14,16,33H,9-12H2,1-3H3,(H,23,24)(H,25,31)(H,29,30)/t14-/m1/s1. The molecule has 178 valence electrons. The summed E-state index contributed by atoms with van der Waals surface area (Å²) < 4.78 is 19.5. The number of nitrogens with one attached hydrogen (secondary N) is 1. The van der Waals surface area contributed by atoms with Gasteiger partial charge in [-0.3, -0.25) is 4.79 Å². The van der Waals surface area contributed by atoms with Gasteiger partial charge in [-0.05, 0) is 56.4 Å². The molecular weight excluding hydrogens is 446 g/mol. The molecule has 2 aromatic rings. The summed E-state index contributed by atoms with van der Waals surface area (Å²) >= 11 is 0. The van der Waals surface area contributed by atoms with Crippen molar-refractivity contribution < 1.29 is 24.0 Å². The number of anilines is 4. The zero-order valence-electron chi connectivity index (χ0n) is 18.8. The van der Waals surface area contributed by atoms with Crippen LogP contribution in [0.2, 0.25) is 0 Å². The zero-order chi connectivity index (χ0) is 23.8. The van der Waals surface area contributed by atoms with E-state index < -0.39 is 16.2 Å². The number of ether oxygens (including phenoxy) is 1. The first-order valence-corrected chi connectivity index (χ1v) is 12.9. The molecule has 10 nitrogen and oxygen atoms in total. The fraction of sp³-hybridized carbons (Fsp3) is 0.409. The molecule has 1 aromatic carbocycles. The molecule has 0 radical (unpaired) electrons. The van der Waals surface area contributed by atoms with Crippen molar-refractivity contribution in [2.45, 2.75) is 36.7 Å². The maximum Gasteiger partial charge on any atom is 0.437 e. The van der Waals surface area contributed by atoms with Crippen LogP contribution in [-0.4, -0.2) is 65.2 Å². The number of carbonyl (C=O) groups excluding carboxylic acids is 1. The van der Waals surface area contributed by atoms with Gasteiger partial charge in [0, 0.05) is 36.9 Å². The van der Waals surface area contributed by atoms with E-state index in [9.17, 15) is 14.1 Å². The number of likely N-dealkylation sites (N-methyl/N-ethyl adjacent to an activating group) is 1. The number of hydrogen-bond acceptors (Lipinski definition) is 6. The number of rotatable bonds is 4. The first kappa shape index (κ1) is 23.1. The summed E-state index contributed by atoms with van der Waals surface area (Å²) in [6, 6.07) is 10.3. The molecule has 1 atom stereocenters. The van der Waals surface area contributed by atoms with Gasteiger partial charge in [0.15, 0.2) is 5.82 Å². The molecule has 3 N–H and O–H groups in total. The highest BCUT2D eigenvalue weighted by atomic mass is 32.3. The quantitative estimate of drug-likeness (QED) is 0.496. The molecule has 2 amide bonds. The Kier molecular flexibility index (Phi) is 6.37. The largest absolute Gasteiger partial charge is 0.463 e. The number of amides is 2. The van der Waals surface area contributed by atoms with Gasteiger partial charge in [-0.1, -0.05) is 16.2 Å². The lowest BCUT2D eigenvalue weighted by Gasteiger charge is -2.44. The molecule has 0 aliphatic carbocycles. The minimum Gasteiger partial charge on any atom is -0.463 e. The van der Waals surface area contributed by atoms with Crippen molar-refractivity contribution in [3.63, 3.8) is 0 Å². The third kappa shape index (κ3) is 4.70. The summed E-state index contributed by atoms with van der Waals surface area (Å²) in [5, 5.41) is 12.2. The minimum absolute atomic E-state index is 0.0255. The van der Waals surface area contributed by atoms with Crippen molar-refractivity contribution >= 4 is 45.1 Å². The summed E-state index contributed by atoms with van der Waals surface area (Å²) in [6.45, 7) is 3.21. The van der Waals surface area contributed by atoms with Crippen molar-refractivity contribution in [1.29, 1.82) is 0 Å². The van der Waals surface area contributed by atoms with Crippen LogP contribution < -0.4 is 15.1 Å². The van der Waals surface area contributed by atoms with Gasteiger partial charge in [0.05, 0.1) is 5.69 Å². The molecule has 33 heavy (non-hydrogen) atoms. The number of hydrogen-bond donors (Lipinski definition) is 4. The number of aromatic nitrogens is 1. The van der Waals surface area contributed by atoms with E-state index in [0.717, 1.165) is 24.3 Å². The maximum atomic E-state index is 12.9. The molecule has 2 aliphatic heterocycles. The van der Waals surface area contributed by atoms with Gasteiger partial charge in [0.1, 0.15) is 11.9 Å². The first-order chi connectivity index (χ1) is 15.7. The second kappa shape index (κ2) is 9.08. The molecule has 3 heterocycles. The third-order valence-electron chi connectivity index (χ3n) is 6.04. The Labute approximate surface area is 193 Å². The van der Waals surface area contributed by atoms with E-state index in [2.05, 4.69) is 14.6 Å². The number of carboxylic acid groups (broad SMARTS) is 1. The van der Waals surface area contributed by atoms with Crippen LogP contribution in [0.1, 0.15) is 19.8 Å². The highest BCUT2D eigenvalue weighted by Crippen LogP contribution is 2.38. The fourth-order valence-electron chi connectivity index (χ4n) is 4.34. The van der Waals surface area contributed by atoms with Crippen LogP contribution in [0, 0.1) is 0 Å². The SMILES string of the molecule is C[C@@H]1C(=O)N(C)c2ccc(Nc3cccc([SH](C)(O)=NC(=O)O)c3)nc2N1C1CCOCC1.